The van der Waals surface area contributed by atoms with Crippen molar-refractivity contribution >= 4 is 11.0 Å². The van der Waals surface area contributed by atoms with E-state index in [4.69, 9.17) is 9.47 Å². The first kappa shape index (κ1) is 16.2. The number of rotatable bonds is 5. The molecule has 2 heterocycles. The quantitative estimate of drug-likeness (QED) is 0.564. The molecule has 0 amide bonds. The van der Waals surface area contributed by atoms with Crippen molar-refractivity contribution in [3.05, 3.63) is 78.1 Å². The topological polar surface area (TPSA) is 47.1 Å². The fourth-order valence-electron chi connectivity index (χ4n) is 3.19. The first-order valence-corrected chi connectivity index (χ1v) is 8.51. The van der Waals surface area contributed by atoms with Crippen LogP contribution in [0.3, 0.4) is 0 Å². The number of aromatic amines is 1. The third-order valence-electron chi connectivity index (χ3n) is 4.57. The lowest BCUT2D eigenvalue weighted by Crippen LogP contribution is -1.91. The van der Waals surface area contributed by atoms with Gasteiger partial charge in [-0.1, -0.05) is 36.4 Å². The highest BCUT2D eigenvalue weighted by Crippen LogP contribution is 2.33. The van der Waals surface area contributed by atoms with E-state index in [9.17, 15) is 0 Å². The van der Waals surface area contributed by atoms with Crippen LogP contribution in [0.5, 0.6) is 11.5 Å². The molecule has 1 N–H and O–H groups in total. The molecule has 0 saturated carbocycles. The van der Waals surface area contributed by atoms with E-state index in [-0.39, 0.29) is 0 Å². The van der Waals surface area contributed by atoms with Crippen molar-refractivity contribution in [1.29, 1.82) is 0 Å². The van der Waals surface area contributed by atoms with Crippen LogP contribution in [-0.4, -0.2) is 24.2 Å². The van der Waals surface area contributed by atoms with Crippen LogP contribution in [0.15, 0.2) is 67.0 Å². The monoisotopic (exact) mass is 344 g/mol. The molecule has 2 aromatic carbocycles. The zero-order chi connectivity index (χ0) is 17.9. The molecule has 0 fully saturated rings. The fourth-order valence-corrected chi connectivity index (χ4v) is 3.19. The van der Waals surface area contributed by atoms with Gasteiger partial charge >= 0.3 is 0 Å². The number of benzene rings is 2. The van der Waals surface area contributed by atoms with Crippen LogP contribution in [0.2, 0.25) is 0 Å². The molecular weight excluding hydrogens is 324 g/mol. The minimum atomic E-state index is 0.712. The van der Waals surface area contributed by atoms with Gasteiger partial charge in [-0.3, -0.25) is 0 Å². The van der Waals surface area contributed by atoms with Gasteiger partial charge in [-0.15, -0.1) is 0 Å². The molecule has 4 heteroatoms. The molecule has 0 spiro atoms. The Morgan fingerprint density at radius 2 is 1.69 bits per heavy atom. The normalized spacial score (nSPS) is 10.8. The molecule has 4 rings (SSSR count). The lowest BCUT2D eigenvalue weighted by atomic mass is 10.0. The first-order valence-electron chi connectivity index (χ1n) is 8.51. The summed E-state index contributed by atoms with van der Waals surface area (Å²) in [5.74, 6) is 1.43. The van der Waals surface area contributed by atoms with Crippen molar-refractivity contribution in [2.45, 2.75) is 6.42 Å². The molecule has 0 atom stereocenters. The van der Waals surface area contributed by atoms with E-state index in [1.165, 1.54) is 11.1 Å². The van der Waals surface area contributed by atoms with Crippen molar-refractivity contribution < 1.29 is 9.47 Å². The molecular formula is C22H20N2O2. The molecule has 0 aliphatic carbocycles. The maximum atomic E-state index is 5.42. The third-order valence-corrected chi connectivity index (χ3v) is 4.57. The van der Waals surface area contributed by atoms with Gasteiger partial charge in [0.2, 0.25) is 0 Å². The molecule has 0 bridgehead atoms. The lowest BCUT2D eigenvalue weighted by Gasteiger charge is -2.10. The number of nitrogens with zero attached hydrogens (tertiary/aromatic N) is 1. The number of aromatic nitrogens is 2. The zero-order valence-electron chi connectivity index (χ0n) is 14.8. The second-order valence-corrected chi connectivity index (χ2v) is 6.17. The Morgan fingerprint density at radius 1 is 0.885 bits per heavy atom. The average Bonchev–Trinajstić information content (AvgIpc) is 3.10. The molecule has 4 aromatic rings. The number of pyridine rings is 1. The first-order chi connectivity index (χ1) is 12.8. The number of hydrogen-bond donors (Lipinski definition) is 1. The van der Waals surface area contributed by atoms with Crippen LogP contribution in [0.25, 0.3) is 22.2 Å². The second kappa shape index (κ2) is 6.92. The average molecular weight is 344 g/mol. The van der Waals surface area contributed by atoms with Gasteiger partial charge in [0.05, 0.1) is 14.2 Å². The Bertz CT molecular complexity index is 1040. The van der Waals surface area contributed by atoms with Crippen molar-refractivity contribution in [3.8, 4) is 22.6 Å². The molecule has 2 aromatic heterocycles. The zero-order valence-corrected chi connectivity index (χ0v) is 14.8. The third kappa shape index (κ3) is 3.02. The summed E-state index contributed by atoms with van der Waals surface area (Å²) in [5, 5.41) is 1.14. The van der Waals surface area contributed by atoms with E-state index >= 15 is 0 Å². The predicted molar refractivity (Wildman–Crippen MR) is 104 cm³/mol. The van der Waals surface area contributed by atoms with Crippen molar-refractivity contribution in [2.24, 2.45) is 0 Å². The van der Waals surface area contributed by atoms with Crippen LogP contribution in [0.4, 0.5) is 0 Å². The highest BCUT2D eigenvalue weighted by atomic mass is 16.5. The molecule has 26 heavy (non-hydrogen) atoms. The summed E-state index contributed by atoms with van der Waals surface area (Å²) in [6.45, 7) is 0. The van der Waals surface area contributed by atoms with E-state index in [2.05, 4.69) is 40.3 Å². The lowest BCUT2D eigenvalue weighted by molar-refractivity contribution is 0.355. The fraction of sp³-hybridized carbons (Fsp3) is 0.136. The minimum absolute atomic E-state index is 0.712. The highest BCUT2D eigenvalue weighted by Gasteiger charge is 2.10. The van der Waals surface area contributed by atoms with E-state index < -0.39 is 0 Å². The van der Waals surface area contributed by atoms with Crippen LogP contribution < -0.4 is 9.47 Å². The van der Waals surface area contributed by atoms with Gasteiger partial charge in [0.25, 0.3) is 0 Å². The number of H-pyrrole nitrogens is 1. The largest absolute Gasteiger partial charge is 0.493 e. The van der Waals surface area contributed by atoms with Gasteiger partial charge in [-0.2, -0.15) is 0 Å². The molecule has 0 radical (unpaired) electrons. The van der Waals surface area contributed by atoms with Gasteiger partial charge in [0, 0.05) is 23.3 Å². The smallest absolute Gasteiger partial charge is 0.161 e. The van der Waals surface area contributed by atoms with Crippen LogP contribution in [-0.2, 0) is 6.42 Å². The predicted octanol–water partition coefficient (Wildman–Crippen LogP) is 4.84. The summed E-state index contributed by atoms with van der Waals surface area (Å²) in [6, 6.07) is 18.6. The van der Waals surface area contributed by atoms with Crippen molar-refractivity contribution in [3.63, 3.8) is 0 Å². The molecule has 0 unspecified atom stereocenters. The van der Waals surface area contributed by atoms with Gasteiger partial charge in [0.15, 0.2) is 11.5 Å². The Labute approximate surface area is 152 Å². The Balaban J connectivity index is 1.74. The van der Waals surface area contributed by atoms with Gasteiger partial charge < -0.3 is 14.5 Å². The van der Waals surface area contributed by atoms with Crippen LogP contribution >= 0.6 is 0 Å². The summed E-state index contributed by atoms with van der Waals surface area (Å²) < 4.78 is 10.7. The van der Waals surface area contributed by atoms with E-state index in [1.807, 2.05) is 36.7 Å². The van der Waals surface area contributed by atoms with E-state index in [0.29, 0.717) is 5.75 Å². The number of fused-ring (bicyclic) bond motifs is 1. The number of ether oxygens (including phenoxy) is 2. The standard InChI is InChI=1S/C22H20N2O2/c1-25-20-9-8-16(12-21(20)26-2)17-11-19-18(14-24-22(19)23-13-17)10-15-6-4-3-5-7-15/h3-9,11-14H,10H2,1-2H3,(H,23,24). The van der Waals surface area contributed by atoms with Gasteiger partial charge in [-0.05, 0) is 41.3 Å². The van der Waals surface area contributed by atoms with Gasteiger partial charge in [0.1, 0.15) is 5.65 Å². The molecule has 0 aliphatic rings. The summed E-state index contributed by atoms with van der Waals surface area (Å²) in [4.78, 5) is 7.86. The van der Waals surface area contributed by atoms with Gasteiger partial charge in [-0.25, -0.2) is 4.98 Å². The molecule has 0 saturated heterocycles. The van der Waals surface area contributed by atoms with E-state index in [0.717, 1.165) is 34.3 Å². The maximum Gasteiger partial charge on any atom is 0.161 e. The summed E-state index contributed by atoms with van der Waals surface area (Å²) in [7, 11) is 3.29. The minimum Gasteiger partial charge on any atom is -0.493 e. The van der Waals surface area contributed by atoms with Crippen molar-refractivity contribution in [2.75, 3.05) is 14.2 Å². The van der Waals surface area contributed by atoms with Crippen LogP contribution in [0.1, 0.15) is 11.1 Å². The van der Waals surface area contributed by atoms with Crippen molar-refractivity contribution in [1.82, 2.24) is 9.97 Å². The Hall–Kier alpha value is -3.27. The number of methoxy groups -OCH3 is 2. The van der Waals surface area contributed by atoms with Crippen LogP contribution in [0, 0.1) is 0 Å². The summed E-state index contributed by atoms with van der Waals surface area (Å²) in [6.07, 6.45) is 4.80. The Morgan fingerprint density at radius 3 is 2.46 bits per heavy atom. The number of hydrogen-bond acceptors (Lipinski definition) is 3. The highest BCUT2D eigenvalue weighted by molar-refractivity contribution is 5.85. The van der Waals surface area contributed by atoms with E-state index in [1.54, 1.807) is 14.2 Å². The number of nitrogens with one attached hydrogen (secondary N) is 1. The SMILES string of the molecule is COc1ccc(-c2cnc3[nH]cc(Cc4ccccc4)c3c2)cc1OC. The summed E-state index contributed by atoms with van der Waals surface area (Å²) in [5.41, 5.74) is 5.52. The summed E-state index contributed by atoms with van der Waals surface area (Å²) >= 11 is 0. The molecule has 130 valence electrons. The second-order valence-electron chi connectivity index (χ2n) is 6.17. The Kier molecular flexibility index (Phi) is 4.32. The maximum absolute atomic E-state index is 5.42. The molecule has 4 nitrogen and oxygen atoms in total. The molecule has 0 aliphatic heterocycles.